The molecule has 0 saturated carbocycles. The Bertz CT molecular complexity index is 738. The fourth-order valence-corrected chi connectivity index (χ4v) is 2.76. The Morgan fingerprint density at radius 3 is 2.71 bits per heavy atom. The third kappa shape index (κ3) is 3.19. The first-order chi connectivity index (χ1) is 9.81. The number of hydrogen-bond acceptors (Lipinski definition) is 6. The smallest absolute Gasteiger partial charge is 0.273 e. The lowest BCUT2D eigenvalue weighted by atomic mass is 10.2. The number of benzene rings is 1. The van der Waals surface area contributed by atoms with Crippen LogP contribution in [0.5, 0.6) is 0 Å². The van der Waals surface area contributed by atoms with Crippen molar-refractivity contribution in [2.75, 3.05) is 6.61 Å². The number of carbonyl (C=O) groups excluding carboxylic acids is 1. The minimum atomic E-state index is -4.17. The molecule has 0 aliphatic carbocycles. The predicted molar refractivity (Wildman–Crippen MR) is 71.8 cm³/mol. The molecule has 1 aromatic carbocycles. The van der Waals surface area contributed by atoms with Crippen molar-refractivity contribution in [3.8, 4) is 0 Å². The number of hydrogen-bond donors (Lipinski definition) is 1. The van der Waals surface area contributed by atoms with Crippen LogP contribution in [0.15, 0.2) is 34.9 Å². The van der Waals surface area contributed by atoms with Gasteiger partial charge < -0.3 is 4.74 Å². The Morgan fingerprint density at radius 2 is 2.14 bits per heavy atom. The minimum absolute atomic E-state index is 0.209. The molecule has 1 amide bonds. The molecule has 21 heavy (non-hydrogen) atoms. The molecule has 2 rings (SSSR count). The molecule has 9 heteroatoms. The SMILES string of the molecule is Cc1ccc(S(=O)(=O)NC(=O)C2=COCC2)cc1[N+](=O)[O-]. The standard InChI is InChI=1S/C12H12N2O6S/c1-8-2-3-10(6-11(8)14(16)17)21(18,19)13-12(15)9-4-5-20-7-9/h2-3,6-7H,4-5H2,1H3,(H,13,15). The maximum atomic E-state index is 12.1. The van der Waals surface area contributed by atoms with Crippen LogP contribution in [0.1, 0.15) is 12.0 Å². The van der Waals surface area contributed by atoms with E-state index >= 15 is 0 Å². The average Bonchev–Trinajstić information content (AvgIpc) is 2.92. The molecule has 1 aliphatic heterocycles. The molecule has 1 aromatic rings. The van der Waals surface area contributed by atoms with Crippen LogP contribution in [0.3, 0.4) is 0 Å². The summed E-state index contributed by atoms with van der Waals surface area (Å²) >= 11 is 0. The fraction of sp³-hybridized carbons (Fsp3) is 0.250. The molecule has 1 heterocycles. The highest BCUT2D eigenvalue weighted by Crippen LogP contribution is 2.22. The van der Waals surface area contributed by atoms with Crippen LogP contribution in [-0.4, -0.2) is 25.9 Å². The lowest BCUT2D eigenvalue weighted by Gasteiger charge is -2.07. The molecule has 0 atom stereocenters. The van der Waals surface area contributed by atoms with Crippen LogP contribution in [0, 0.1) is 17.0 Å². The van der Waals surface area contributed by atoms with E-state index in [1.807, 2.05) is 4.72 Å². The quantitative estimate of drug-likeness (QED) is 0.655. The molecular formula is C12H12N2O6S. The first kappa shape index (κ1) is 15.0. The molecule has 112 valence electrons. The number of rotatable bonds is 4. The molecule has 8 nitrogen and oxygen atoms in total. The number of nitro benzene ring substituents is 1. The van der Waals surface area contributed by atoms with E-state index in [1.165, 1.54) is 25.3 Å². The van der Waals surface area contributed by atoms with Crippen molar-refractivity contribution in [3.63, 3.8) is 0 Å². The highest BCUT2D eigenvalue weighted by atomic mass is 32.2. The second-order valence-electron chi connectivity index (χ2n) is 4.40. The molecule has 0 saturated heterocycles. The first-order valence-electron chi connectivity index (χ1n) is 5.94. The van der Waals surface area contributed by atoms with Crippen molar-refractivity contribution in [3.05, 3.63) is 45.7 Å². The van der Waals surface area contributed by atoms with E-state index in [2.05, 4.69) is 0 Å². The molecule has 0 fully saturated rings. The van der Waals surface area contributed by atoms with Gasteiger partial charge in [0.1, 0.15) is 0 Å². The first-order valence-corrected chi connectivity index (χ1v) is 7.42. The third-order valence-corrected chi connectivity index (χ3v) is 4.25. The van der Waals surface area contributed by atoms with Crippen LogP contribution in [0.2, 0.25) is 0 Å². The van der Waals surface area contributed by atoms with Gasteiger partial charge in [0.05, 0.1) is 28.3 Å². The summed E-state index contributed by atoms with van der Waals surface area (Å²) in [6.07, 6.45) is 1.51. The van der Waals surface area contributed by atoms with Gasteiger partial charge in [0.15, 0.2) is 0 Å². The zero-order chi connectivity index (χ0) is 15.6. The third-order valence-electron chi connectivity index (χ3n) is 2.92. The monoisotopic (exact) mass is 312 g/mol. The molecule has 1 aliphatic rings. The maximum Gasteiger partial charge on any atom is 0.273 e. The normalized spacial score (nSPS) is 14.2. The zero-order valence-electron chi connectivity index (χ0n) is 11.0. The summed E-state index contributed by atoms with van der Waals surface area (Å²) in [5.41, 5.74) is 0.214. The summed E-state index contributed by atoms with van der Waals surface area (Å²) in [5, 5.41) is 10.8. The van der Waals surface area contributed by atoms with E-state index < -0.39 is 20.9 Å². The number of nitro groups is 1. The molecular weight excluding hydrogens is 300 g/mol. The van der Waals surface area contributed by atoms with Crippen LogP contribution < -0.4 is 4.72 Å². The van der Waals surface area contributed by atoms with Gasteiger partial charge in [0.25, 0.3) is 21.6 Å². The number of nitrogens with zero attached hydrogens (tertiary/aromatic N) is 1. The lowest BCUT2D eigenvalue weighted by Crippen LogP contribution is -2.31. The Labute approximate surface area is 120 Å². The Hall–Kier alpha value is -2.42. The van der Waals surface area contributed by atoms with Crippen LogP contribution >= 0.6 is 0 Å². The molecule has 0 unspecified atom stereocenters. The Balaban J connectivity index is 2.29. The van der Waals surface area contributed by atoms with Gasteiger partial charge in [-0.15, -0.1) is 0 Å². The summed E-state index contributed by atoms with van der Waals surface area (Å²) in [7, 11) is -4.17. The van der Waals surface area contributed by atoms with Gasteiger partial charge in [-0.25, -0.2) is 13.1 Å². The summed E-state index contributed by atoms with van der Waals surface area (Å²) in [6, 6.07) is 3.44. The predicted octanol–water partition coefficient (Wildman–Crippen LogP) is 1.01. The summed E-state index contributed by atoms with van der Waals surface area (Å²) < 4.78 is 30.8. The average molecular weight is 312 g/mol. The van der Waals surface area contributed by atoms with Crippen LogP contribution in [-0.2, 0) is 19.6 Å². The highest BCUT2D eigenvalue weighted by molar-refractivity contribution is 7.90. The number of ether oxygens (including phenoxy) is 1. The molecule has 1 N–H and O–H groups in total. The van der Waals surface area contributed by atoms with Crippen molar-refractivity contribution in [1.29, 1.82) is 0 Å². The Kier molecular flexibility index (Phi) is 3.94. The van der Waals surface area contributed by atoms with Crippen molar-refractivity contribution in [2.24, 2.45) is 0 Å². The number of aryl methyl sites for hydroxylation is 1. The molecule has 0 aromatic heterocycles. The lowest BCUT2D eigenvalue weighted by molar-refractivity contribution is -0.385. The highest BCUT2D eigenvalue weighted by Gasteiger charge is 2.24. The van der Waals surface area contributed by atoms with E-state index in [9.17, 15) is 23.3 Å². The van der Waals surface area contributed by atoms with Crippen molar-refractivity contribution in [1.82, 2.24) is 4.72 Å². The van der Waals surface area contributed by atoms with Gasteiger partial charge in [0, 0.05) is 18.1 Å². The number of nitrogens with one attached hydrogen (secondary N) is 1. The summed E-state index contributed by atoms with van der Waals surface area (Å²) in [4.78, 5) is 21.6. The van der Waals surface area contributed by atoms with Crippen molar-refractivity contribution < 1.29 is 22.9 Å². The minimum Gasteiger partial charge on any atom is -0.500 e. The zero-order valence-corrected chi connectivity index (χ0v) is 11.8. The Morgan fingerprint density at radius 1 is 1.43 bits per heavy atom. The second-order valence-corrected chi connectivity index (χ2v) is 6.09. The second kappa shape index (κ2) is 5.52. The van der Waals surface area contributed by atoms with Crippen molar-refractivity contribution >= 4 is 21.6 Å². The van der Waals surface area contributed by atoms with Crippen molar-refractivity contribution in [2.45, 2.75) is 18.2 Å². The van der Waals surface area contributed by atoms with E-state index in [4.69, 9.17) is 4.74 Å². The summed E-state index contributed by atoms with van der Waals surface area (Å²) in [5.74, 6) is -0.796. The van der Waals surface area contributed by atoms with Crippen LogP contribution in [0.4, 0.5) is 5.69 Å². The fourth-order valence-electron chi connectivity index (χ4n) is 1.75. The van der Waals surface area contributed by atoms with Gasteiger partial charge >= 0.3 is 0 Å². The summed E-state index contributed by atoms with van der Waals surface area (Å²) in [6.45, 7) is 1.81. The molecule has 0 spiro atoms. The van der Waals surface area contributed by atoms with E-state index in [1.54, 1.807) is 0 Å². The van der Waals surface area contributed by atoms with E-state index in [0.717, 1.165) is 6.07 Å². The largest absolute Gasteiger partial charge is 0.500 e. The topological polar surface area (TPSA) is 116 Å². The number of amides is 1. The van der Waals surface area contributed by atoms with Gasteiger partial charge in [0.2, 0.25) is 0 Å². The van der Waals surface area contributed by atoms with Gasteiger partial charge in [-0.3, -0.25) is 14.9 Å². The van der Waals surface area contributed by atoms with Gasteiger partial charge in [-0.05, 0) is 13.0 Å². The van der Waals surface area contributed by atoms with Gasteiger partial charge in [-0.2, -0.15) is 0 Å². The molecule has 0 radical (unpaired) electrons. The van der Waals surface area contributed by atoms with Gasteiger partial charge in [-0.1, -0.05) is 6.07 Å². The molecule has 0 bridgehead atoms. The van der Waals surface area contributed by atoms with E-state index in [0.29, 0.717) is 18.6 Å². The number of carbonyl (C=O) groups is 1. The van der Waals surface area contributed by atoms with E-state index in [-0.39, 0.29) is 16.2 Å². The van der Waals surface area contributed by atoms with Crippen LogP contribution in [0.25, 0.3) is 0 Å². The number of sulfonamides is 1. The maximum absolute atomic E-state index is 12.1.